The van der Waals surface area contributed by atoms with Crippen LogP contribution in [0.4, 0.5) is 4.39 Å². The first-order valence-corrected chi connectivity index (χ1v) is 7.56. The molecule has 2 rings (SSSR count). The maximum atomic E-state index is 13.1. The highest BCUT2D eigenvalue weighted by molar-refractivity contribution is 7.12. The lowest BCUT2D eigenvalue weighted by Crippen LogP contribution is -2.21. The molecule has 1 N–H and O–H groups in total. The van der Waals surface area contributed by atoms with Crippen LogP contribution in [0.1, 0.15) is 29.2 Å². The van der Waals surface area contributed by atoms with Crippen molar-refractivity contribution in [2.75, 3.05) is 0 Å². The minimum atomic E-state index is -0.272. The third-order valence-electron chi connectivity index (χ3n) is 2.95. The highest BCUT2D eigenvalue weighted by Crippen LogP contribution is 2.23. The maximum Gasteiger partial charge on any atom is 0.126 e. The van der Waals surface area contributed by atoms with E-state index in [2.05, 4.69) is 32.2 Å². The largest absolute Gasteiger partial charge is 0.489 e. The fraction of sp³-hybridized carbons (Fsp3) is 0.375. The first-order chi connectivity index (χ1) is 9.54. The van der Waals surface area contributed by atoms with Crippen LogP contribution >= 0.6 is 11.3 Å². The third kappa shape index (κ3) is 4.32. The van der Waals surface area contributed by atoms with E-state index in [0.29, 0.717) is 18.4 Å². The van der Waals surface area contributed by atoms with E-state index in [4.69, 9.17) is 4.74 Å². The van der Waals surface area contributed by atoms with Crippen molar-refractivity contribution in [3.8, 4) is 5.75 Å². The van der Waals surface area contributed by atoms with E-state index in [1.807, 2.05) is 0 Å². The highest BCUT2D eigenvalue weighted by atomic mass is 32.1. The number of ether oxygens (including phenoxy) is 1. The molecule has 0 radical (unpaired) electrons. The average molecular weight is 293 g/mol. The Morgan fingerprint density at radius 1 is 1.30 bits per heavy atom. The van der Waals surface area contributed by atoms with Crippen LogP contribution in [0.5, 0.6) is 5.75 Å². The molecule has 0 atom stereocenters. The molecule has 0 saturated carbocycles. The zero-order chi connectivity index (χ0) is 14.5. The van der Waals surface area contributed by atoms with Gasteiger partial charge in [0.1, 0.15) is 18.2 Å². The Kier molecular flexibility index (Phi) is 5.15. The summed E-state index contributed by atoms with van der Waals surface area (Å²) in [5.74, 6) is 0.295. The molecule has 108 valence electrons. The number of hydrogen-bond acceptors (Lipinski definition) is 3. The Hall–Kier alpha value is -1.39. The Balaban J connectivity index is 1.96. The number of halogens is 1. The van der Waals surface area contributed by atoms with Gasteiger partial charge in [-0.1, -0.05) is 19.9 Å². The molecule has 0 unspecified atom stereocenters. The van der Waals surface area contributed by atoms with Gasteiger partial charge in [0.05, 0.1) is 0 Å². The van der Waals surface area contributed by atoms with Crippen LogP contribution in [0.15, 0.2) is 30.3 Å². The lowest BCUT2D eigenvalue weighted by molar-refractivity contribution is 0.304. The summed E-state index contributed by atoms with van der Waals surface area (Å²) in [5.41, 5.74) is 1.17. The number of hydrogen-bond donors (Lipinski definition) is 1. The van der Waals surface area contributed by atoms with Crippen molar-refractivity contribution >= 4 is 11.3 Å². The molecule has 20 heavy (non-hydrogen) atoms. The van der Waals surface area contributed by atoms with Crippen LogP contribution in [0, 0.1) is 12.7 Å². The van der Waals surface area contributed by atoms with Gasteiger partial charge in [0.25, 0.3) is 0 Å². The molecule has 1 aromatic carbocycles. The van der Waals surface area contributed by atoms with Gasteiger partial charge in [-0.25, -0.2) is 4.39 Å². The molecule has 0 fully saturated rings. The van der Waals surface area contributed by atoms with Gasteiger partial charge in [-0.05, 0) is 25.1 Å². The highest BCUT2D eigenvalue weighted by Gasteiger charge is 2.07. The van der Waals surface area contributed by atoms with Gasteiger partial charge in [0.2, 0.25) is 0 Å². The SMILES string of the molecule is Cc1sc(CNC(C)C)cc1COc1cccc(F)c1. The van der Waals surface area contributed by atoms with E-state index in [-0.39, 0.29) is 5.82 Å². The van der Waals surface area contributed by atoms with Gasteiger partial charge in [0, 0.05) is 34.0 Å². The first kappa shape index (κ1) is 15.0. The van der Waals surface area contributed by atoms with E-state index < -0.39 is 0 Å². The monoisotopic (exact) mass is 293 g/mol. The Bertz CT molecular complexity index is 565. The molecule has 0 bridgehead atoms. The molecule has 4 heteroatoms. The second-order valence-electron chi connectivity index (χ2n) is 5.08. The van der Waals surface area contributed by atoms with Crippen molar-refractivity contribution in [3.63, 3.8) is 0 Å². The number of nitrogens with one attached hydrogen (secondary N) is 1. The molecule has 0 amide bonds. The predicted molar refractivity (Wildman–Crippen MR) is 81.8 cm³/mol. The summed E-state index contributed by atoms with van der Waals surface area (Å²) in [5, 5.41) is 3.40. The normalized spacial score (nSPS) is 11.1. The summed E-state index contributed by atoms with van der Waals surface area (Å²) in [6.45, 7) is 7.72. The molecule has 0 aliphatic heterocycles. The molecule has 0 aliphatic rings. The van der Waals surface area contributed by atoms with Gasteiger partial charge in [-0.15, -0.1) is 11.3 Å². The van der Waals surface area contributed by atoms with Crippen LogP contribution in [-0.2, 0) is 13.2 Å². The number of thiophene rings is 1. The topological polar surface area (TPSA) is 21.3 Å². The van der Waals surface area contributed by atoms with E-state index in [1.54, 1.807) is 23.5 Å². The van der Waals surface area contributed by atoms with Crippen molar-refractivity contribution in [2.24, 2.45) is 0 Å². The zero-order valence-corrected chi connectivity index (χ0v) is 12.9. The van der Waals surface area contributed by atoms with Crippen LogP contribution in [0.2, 0.25) is 0 Å². The number of aryl methyl sites for hydroxylation is 1. The Morgan fingerprint density at radius 3 is 2.80 bits per heavy atom. The minimum absolute atomic E-state index is 0.272. The van der Waals surface area contributed by atoms with Crippen molar-refractivity contribution < 1.29 is 9.13 Å². The summed E-state index contributed by atoms with van der Waals surface area (Å²) in [7, 11) is 0. The molecular formula is C16H20FNOS. The number of benzene rings is 1. The molecule has 1 aromatic heterocycles. The van der Waals surface area contributed by atoms with Crippen LogP contribution in [0.3, 0.4) is 0 Å². The molecule has 0 spiro atoms. The summed E-state index contributed by atoms with van der Waals surface area (Å²) < 4.78 is 18.7. The summed E-state index contributed by atoms with van der Waals surface area (Å²) in [4.78, 5) is 2.55. The Labute approximate surface area is 123 Å². The molecule has 2 nitrogen and oxygen atoms in total. The molecule has 0 saturated heterocycles. The average Bonchev–Trinajstić information content (AvgIpc) is 2.75. The molecule has 0 aliphatic carbocycles. The number of rotatable bonds is 6. The fourth-order valence-corrected chi connectivity index (χ4v) is 2.84. The summed E-state index contributed by atoms with van der Waals surface area (Å²) in [6.07, 6.45) is 0. The Morgan fingerprint density at radius 2 is 2.10 bits per heavy atom. The minimum Gasteiger partial charge on any atom is -0.489 e. The fourth-order valence-electron chi connectivity index (χ4n) is 1.84. The van der Waals surface area contributed by atoms with E-state index in [1.165, 1.54) is 27.5 Å². The van der Waals surface area contributed by atoms with E-state index in [9.17, 15) is 4.39 Å². The summed E-state index contributed by atoms with van der Waals surface area (Å²) in [6, 6.07) is 8.88. The predicted octanol–water partition coefficient (Wildman–Crippen LogP) is 4.27. The standard InChI is InChI=1S/C16H20FNOS/c1-11(2)18-9-16-7-13(12(3)20-16)10-19-15-6-4-5-14(17)8-15/h4-8,11,18H,9-10H2,1-3H3. The second kappa shape index (κ2) is 6.86. The zero-order valence-electron chi connectivity index (χ0n) is 12.1. The lowest BCUT2D eigenvalue weighted by Gasteiger charge is -2.06. The molecule has 2 aromatic rings. The van der Waals surface area contributed by atoms with Gasteiger partial charge in [-0.3, -0.25) is 0 Å². The first-order valence-electron chi connectivity index (χ1n) is 6.74. The summed E-state index contributed by atoms with van der Waals surface area (Å²) >= 11 is 1.78. The molecule has 1 heterocycles. The van der Waals surface area contributed by atoms with Gasteiger partial charge in [0.15, 0.2) is 0 Å². The van der Waals surface area contributed by atoms with Gasteiger partial charge in [-0.2, -0.15) is 0 Å². The van der Waals surface area contributed by atoms with Crippen molar-refractivity contribution in [1.82, 2.24) is 5.32 Å². The lowest BCUT2D eigenvalue weighted by atomic mass is 10.2. The second-order valence-corrected chi connectivity index (χ2v) is 6.42. The van der Waals surface area contributed by atoms with E-state index >= 15 is 0 Å². The van der Waals surface area contributed by atoms with Crippen molar-refractivity contribution in [3.05, 3.63) is 51.5 Å². The van der Waals surface area contributed by atoms with Crippen LogP contribution < -0.4 is 10.1 Å². The van der Waals surface area contributed by atoms with Gasteiger partial charge >= 0.3 is 0 Å². The maximum absolute atomic E-state index is 13.1. The smallest absolute Gasteiger partial charge is 0.126 e. The molecular weight excluding hydrogens is 273 g/mol. The van der Waals surface area contributed by atoms with Crippen LogP contribution in [-0.4, -0.2) is 6.04 Å². The quantitative estimate of drug-likeness (QED) is 0.858. The third-order valence-corrected chi connectivity index (χ3v) is 4.04. The van der Waals surface area contributed by atoms with Crippen molar-refractivity contribution in [1.29, 1.82) is 0 Å². The van der Waals surface area contributed by atoms with E-state index in [0.717, 1.165) is 6.54 Å². The van der Waals surface area contributed by atoms with Crippen molar-refractivity contribution in [2.45, 2.75) is 40.0 Å². The van der Waals surface area contributed by atoms with Gasteiger partial charge < -0.3 is 10.1 Å². The van der Waals surface area contributed by atoms with Crippen LogP contribution in [0.25, 0.3) is 0 Å².